The predicted octanol–water partition coefficient (Wildman–Crippen LogP) is 1.88. The van der Waals surface area contributed by atoms with Gasteiger partial charge in [-0.05, 0) is 38.4 Å². The fraction of sp³-hybridized carbons (Fsp3) is 0.538. The average molecular weight is 271 g/mol. The summed E-state index contributed by atoms with van der Waals surface area (Å²) < 4.78 is 38.0. The van der Waals surface area contributed by atoms with Crippen LogP contribution in [0.5, 0.6) is 0 Å². The molecule has 3 nitrogen and oxygen atoms in total. The lowest BCUT2D eigenvalue weighted by Gasteiger charge is -2.15. The molecule has 0 saturated carbocycles. The molecular weight excluding hydrogens is 253 g/mol. The van der Waals surface area contributed by atoms with E-state index in [1.54, 1.807) is 18.2 Å². The molecule has 0 radical (unpaired) electrons. The van der Waals surface area contributed by atoms with Crippen LogP contribution in [0.1, 0.15) is 24.8 Å². The Morgan fingerprint density at radius 1 is 1.22 bits per heavy atom. The third-order valence-electron chi connectivity index (χ3n) is 3.35. The van der Waals surface area contributed by atoms with Gasteiger partial charge in [0, 0.05) is 5.56 Å². The summed E-state index contributed by atoms with van der Waals surface area (Å²) in [6.45, 7) is 1.59. The molecule has 0 spiro atoms. The van der Waals surface area contributed by atoms with E-state index < -0.39 is 15.7 Å². The highest BCUT2D eigenvalue weighted by Crippen LogP contribution is 2.20. The van der Waals surface area contributed by atoms with Crippen LogP contribution < -0.4 is 5.32 Å². The van der Waals surface area contributed by atoms with Crippen LogP contribution in [0.15, 0.2) is 24.3 Å². The zero-order chi connectivity index (χ0) is 13.0. The SMILES string of the molecule is O=S(=O)(Cc1ccccc1F)C1CCCNCC1. The Morgan fingerprint density at radius 2 is 2.00 bits per heavy atom. The number of halogens is 1. The molecule has 1 atom stereocenters. The van der Waals surface area contributed by atoms with E-state index in [0.29, 0.717) is 12.8 Å². The van der Waals surface area contributed by atoms with E-state index in [9.17, 15) is 12.8 Å². The van der Waals surface area contributed by atoms with Crippen molar-refractivity contribution in [1.29, 1.82) is 0 Å². The number of rotatable bonds is 3. The van der Waals surface area contributed by atoms with Crippen LogP contribution >= 0.6 is 0 Å². The molecule has 1 saturated heterocycles. The summed E-state index contributed by atoms with van der Waals surface area (Å²) in [5, 5.41) is 2.85. The van der Waals surface area contributed by atoms with Crippen LogP contribution in [0.2, 0.25) is 0 Å². The summed E-state index contributed by atoms with van der Waals surface area (Å²) in [6, 6.07) is 6.09. The fourth-order valence-electron chi connectivity index (χ4n) is 2.30. The van der Waals surface area contributed by atoms with Crippen molar-refractivity contribution in [2.24, 2.45) is 0 Å². The Morgan fingerprint density at radius 3 is 2.78 bits per heavy atom. The maximum Gasteiger partial charge on any atom is 0.157 e. The molecule has 1 aliphatic rings. The molecule has 0 aromatic heterocycles. The van der Waals surface area contributed by atoms with E-state index in [-0.39, 0.29) is 16.6 Å². The van der Waals surface area contributed by atoms with E-state index >= 15 is 0 Å². The van der Waals surface area contributed by atoms with Crippen LogP contribution in [0.4, 0.5) is 4.39 Å². The molecule has 0 bridgehead atoms. The van der Waals surface area contributed by atoms with Crippen LogP contribution in [0.3, 0.4) is 0 Å². The predicted molar refractivity (Wildman–Crippen MR) is 69.5 cm³/mol. The smallest absolute Gasteiger partial charge is 0.157 e. The van der Waals surface area contributed by atoms with Crippen molar-refractivity contribution < 1.29 is 12.8 Å². The van der Waals surface area contributed by atoms with E-state index in [4.69, 9.17) is 0 Å². The lowest BCUT2D eigenvalue weighted by atomic mass is 10.2. The van der Waals surface area contributed by atoms with E-state index in [1.165, 1.54) is 6.07 Å². The molecule has 1 N–H and O–H groups in total. The lowest BCUT2D eigenvalue weighted by Crippen LogP contribution is -2.24. The number of hydrogen-bond acceptors (Lipinski definition) is 3. The molecule has 100 valence electrons. The molecule has 1 aromatic carbocycles. The Balaban J connectivity index is 2.13. The Bertz CT molecular complexity index is 493. The Kier molecular flexibility index (Phi) is 4.35. The van der Waals surface area contributed by atoms with Crippen LogP contribution in [0.25, 0.3) is 0 Å². The molecule has 0 amide bonds. The number of hydrogen-bond donors (Lipinski definition) is 1. The van der Waals surface area contributed by atoms with E-state index in [1.807, 2.05) is 0 Å². The molecule has 1 aliphatic heterocycles. The second kappa shape index (κ2) is 5.80. The minimum Gasteiger partial charge on any atom is -0.317 e. The molecule has 18 heavy (non-hydrogen) atoms. The molecule has 1 aromatic rings. The molecule has 1 fully saturated rings. The minimum absolute atomic E-state index is 0.190. The van der Waals surface area contributed by atoms with Gasteiger partial charge in [-0.2, -0.15) is 0 Å². The van der Waals surface area contributed by atoms with Crippen molar-refractivity contribution in [3.8, 4) is 0 Å². The van der Waals surface area contributed by atoms with Crippen molar-refractivity contribution in [3.63, 3.8) is 0 Å². The van der Waals surface area contributed by atoms with Gasteiger partial charge < -0.3 is 5.32 Å². The van der Waals surface area contributed by atoms with Crippen molar-refractivity contribution in [1.82, 2.24) is 5.32 Å². The van der Waals surface area contributed by atoms with Crippen LogP contribution in [0, 0.1) is 5.82 Å². The van der Waals surface area contributed by atoms with Gasteiger partial charge in [0.2, 0.25) is 0 Å². The van der Waals surface area contributed by atoms with Gasteiger partial charge in [-0.25, -0.2) is 12.8 Å². The normalized spacial score (nSPS) is 21.5. The second-order valence-electron chi connectivity index (χ2n) is 4.70. The zero-order valence-corrected chi connectivity index (χ0v) is 11.0. The molecular formula is C13H18FNO2S. The third kappa shape index (κ3) is 3.29. The fourth-order valence-corrected chi connectivity index (χ4v) is 4.20. The van der Waals surface area contributed by atoms with Gasteiger partial charge in [0.25, 0.3) is 0 Å². The summed E-state index contributed by atoms with van der Waals surface area (Å²) in [5.74, 6) is -0.627. The topological polar surface area (TPSA) is 46.2 Å². The van der Waals surface area contributed by atoms with Gasteiger partial charge in [-0.15, -0.1) is 0 Å². The summed E-state index contributed by atoms with van der Waals surface area (Å²) in [6.07, 6.45) is 2.15. The van der Waals surface area contributed by atoms with E-state index in [2.05, 4.69) is 5.32 Å². The molecule has 1 unspecified atom stereocenters. The largest absolute Gasteiger partial charge is 0.317 e. The first-order chi connectivity index (χ1) is 8.59. The first kappa shape index (κ1) is 13.5. The summed E-state index contributed by atoms with van der Waals surface area (Å²) in [5.41, 5.74) is 0.273. The Labute approximate surface area is 107 Å². The second-order valence-corrected chi connectivity index (χ2v) is 6.98. The van der Waals surface area contributed by atoms with Crippen LogP contribution in [-0.4, -0.2) is 26.8 Å². The first-order valence-corrected chi connectivity index (χ1v) is 7.97. The quantitative estimate of drug-likeness (QED) is 0.913. The van der Waals surface area contributed by atoms with Crippen molar-refractivity contribution in [3.05, 3.63) is 35.6 Å². The molecule has 5 heteroatoms. The maximum absolute atomic E-state index is 13.5. The highest BCUT2D eigenvalue weighted by Gasteiger charge is 2.27. The minimum atomic E-state index is -3.26. The van der Waals surface area contributed by atoms with Gasteiger partial charge in [-0.3, -0.25) is 0 Å². The van der Waals surface area contributed by atoms with Crippen molar-refractivity contribution in [2.75, 3.05) is 13.1 Å². The summed E-state index contributed by atoms with van der Waals surface area (Å²) in [4.78, 5) is 0. The van der Waals surface area contributed by atoms with Gasteiger partial charge in [0.1, 0.15) is 5.82 Å². The number of benzene rings is 1. The zero-order valence-electron chi connectivity index (χ0n) is 10.2. The first-order valence-electron chi connectivity index (χ1n) is 6.25. The number of sulfone groups is 1. The lowest BCUT2D eigenvalue weighted by molar-refractivity contribution is 0.561. The molecule has 2 rings (SSSR count). The van der Waals surface area contributed by atoms with Crippen LogP contribution in [-0.2, 0) is 15.6 Å². The van der Waals surface area contributed by atoms with Gasteiger partial charge in [-0.1, -0.05) is 18.2 Å². The Hall–Kier alpha value is -0.940. The monoisotopic (exact) mass is 271 g/mol. The van der Waals surface area contributed by atoms with Gasteiger partial charge in [0.05, 0.1) is 11.0 Å². The standard InChI is InChI=1S/C13H18FNO2S/c14-13-6-2-1-4-11(13)10-18(16,17)12-5-3-8-15-9-7-12/h1-2,4,6,12,15H,3,5,7-10H2. The van der Waals surface area contributed by atoms with Crippen molar-refractivity contribution in [2.45, 2.75) is 30.3 Å². The molecule has 1 heterocycles. The molecule has 0 aliphatic carbocycles. The summed E-state index contributed by atoms with van der Waals surface area (Å²) >= 11 is 0. The van der Waals surface area contributed by atoms with E-state index in [0.717, 1.165) is 19.5 Å². The maximum atomic E-state index is 13.5. The van der Waals surface area contributed by atoms with Crippen molar-refractivity contribution >= 4 is 9.84 Å². The summed E-state index contributed by atoms with van der Waals surface area (Å²) in [7, 11) is -3.26. The third-order valence-corrected chi connectivity index (χ3v) is 5.55. The number of nitrogens with one attached hydrogen (secondary N) is 1. The highest BCUT2D eigenvalue weighted by atomic mass is 32.2. The van der Waals surface area contributed by atoms with Gasteiger partial charge in [0.15, 0.2) is 9.84 Å². The van der Waals surface area contributed by atoms with Gasteiger partial charge >= 0.3 is 0 Å². The average Bonchev–Trinajstić information content (AvgIpc) is 2.61. The highest BCUT2D eigenvalue weighted by molar-refractivity contribution is 7.91.